The van der Waals surface area contributed by atoms with Crippen LogP contribution in [0, 0.1) is 18.8 Å². The van der Waals surface area contributed by atoms with Crippen LogP contribution in [0.5, 0.6) is 0 Å². The lowest BCUT2D eigenvalue weighted by Gasteiger charge is -2.27. The summed E-state index contributed by atoms with van der Waals surface area (Å²) in [4.78, 5) is 16.8. The van der Waals surface area contributed by atoms with Crippen molar-refractivity contribution >= 4 is 22.4 Å². The summed E-state index contributed by atoms with van der Waals surface area (Å²) in [6.45, 7) is 4.88. The van der Waals surface area contributed by atoms with E-state index in [1.807, 2.05) is 6.92 Å². The maximum Gasteiger partial charge on any atom is 0.263 e. The standard InChI is InChI=1S/C14H23N3OS/c1-3-10-4-6-11(7-5-10)8-16-13(18)12-9(2)17-14(15)19-12/h10-11H,3-8H2,1-2H3,(H2,15,17)(H,16,18). The first kappa shape index (κ1) is 14.3. The molecule has 2 rings (SSSR count). The lowest BCUT2D eigenvalue weighted by molar-refractivity contribution is 0.0944. The summed E-state index contributed by atoms with van der Waals surface area (Å²) in [5.74, 6) is 1.51. The monoisotopic (exact) mass is 281 g/mol. The Morgan fingerprint density at radius 3 is 2.53 bits per heavy atom. The zero-order valence-electron chi connectivity index (χ0n) is 11.7. The molecule has 19 heavy (non-hydrogen) atoms. The van der Waals surface area contributed by atoms with Gasteiger partial charge in [0, 0.05) is 6.54 Å². The minimum Gasteiger partial charge on any atom is -0.375 e. The second kappa shape index (κ2) is 6.37. The molecule has 3 N–H and O–H groups in total. The van der Waals surface area contributed by atoms with E-state index in [1.165, 1.54) is 43.4 Å². The van der Waals surface area contributed by atoms with Gasteiger partial charge in [0.1, 0.15) is 4.88 Å². The van der Waals surface area contributed by atoms with Crippen LogP contribution in [0.4, 0.5) is 5.13 Å². The highest BCUT2D eigenvalue weighted by atomic mass is 32.1. The molecule has 0 bridgehead atoms. The van der Waals surface area contributed by atoms with E-state index in [1.54, 1.807) is 0 Å². The van der Waals surface area contributed by atoms with Crippen molar-refractivity contribution in [3.8, 4) is 0 Å². The first-order valence-corrected chi connectivity index (χ1v) is 7.92. The molecule has 1 saturated carbocycles. The highest BCUT2D eigenvalue weighted by Crippen LogP contribution is 2.30. The van der Waals surface area contributed by atoms with Gasteiger partial charge in [-0.25, -0.2) is 4.98 Å². The topological polar surface area (TPSA) is 68.0 Å². The molecule has 4 nitrogen and oxygen atoms in total. The summed E-state index contributed by atoms with van der Waals surface area (Å²) < 4.78 is 0. The van der Waals surface area contributed by atoms with Crippen molar-refractivity contribution in [2.45, 2.75) is 46.0 Å². The molecule has 1 aliphatic carbocycles. The second-order valence-corrected chi connectivity index (χ2v) is 6.50. The number of carbonyl (C=O) groups is 1. The first-order valence-electron chi connectivity index (χ1n) is 7.11. The molecule has 0 saturated heterocycles. The Balaban J connectivity index is 1.80. The second-order valence-electron chi connectivity index (χ2n) is 5.47. The van der Waals surface area contributed by atoms with Crippen LogP contribution in [0.2, 0.25) is 0 Å². The van der Waals surface area contributed by atoms with Gasteiger partial charge >= 0.3 is 0 Å². The molecule has 0 aromatic carbocycles. The molecular formula is C14H23N3OS. The molecule has 0 atom stereocenters. The summed E-state index contributed by atoms with van der Waals surface area (Å²) >= 11 is 1.27. The predicted octanol–water partition coefficient (Wildman–Crippen LogP) is 2.98. The van der Waals surface area contributed by atoms with Gasteiger partial charge in [-0.2, -0.15) is 0 Å². The van der Waals surface area contributed by atoms with E-state index >= 15 is 0 Å². The van der Waals surface area contributed by atoms with Gasteiger partial charge in [0.05, 0.1) is 5.69 Å². The molecule has 0 radical (unpaired) electrons. The lowest BCUT2D eigenvalue weighted by atomic mass is 9.81. The van der Waals surface area contributed by atoms with Crippen LogP contribution in [0.15, 0.2) is 0 Å². The van der Waals surface area contributed by atoms with Crippen molar-refractivity contribution in [1.29, 1.82) is 0 Å². The van der Waals surface area contributed by atoms with E-state index < -0.39 is 0 Å². The number of thiazole rings is 1. The van der Waals surface area contributed by atoms with Crippen LogP contribution in [0.1, 0.15) is 54.4 Å². The van der Waals surface area contributed by atoms with E-state index in [0.717, 1.165) is 18.2 Å². The van der Waals surface area contributed by atoms with E-state index in [9.17, 15) is 4.79 Å². The number of nitrogens with two attached hydrogens (primary N) is 1. The van der Waals surface area contributed by atoms with Crippen molar-refractivity contribution in [2.75, 3.05) is 12.3 Å². The predicted molar refractivity (Wildman–Crippen MR) is 79.3 cm³/mol. The smallest absolute Gasteiger partial charge is 0.263 e. The maximum absolute atomic E-state index is 12.0. The highest BCUT2D eigenvalue weighted by molar-refractivity contribution is 7.17. The fourth-order valence-electron chi connectivity index (χ4n) is 2.79. The average molecular weight is 281 g/mol. The molecule has 1 aromatic heterocycles. The number of aryl methyl sites for hydroxylation is 1. The number of hydrogen-bond donors (Lipinski definition) is 2. The van der Waals surface area contributed by atoms with E-state index in [4.69, 9.17) is 5.73 Å². The largest absolute Gasteiger partial charge is 0.375 e. The van der Waals surface area contributed by atoms with Crippen LogP contribution in [-0.2, 0) is 0 Å². The molecular weight excluding hydrogens is 258 g/mol. The summed E-state index contributed by atoms with van der Waals surface area (Å²) in [6, 6.07) is 0. The number of carbonyl (C=O) groups excluding carboxylic acids is 1. The third-order valence-corrected chi connectivity index (χ3v) is 5.10. The molecule has 106 valence electrons. The molecule has 5 heteroatoms. The zero-order chi connectivity index (χ0) is 13.8. The van der Waals surface area contributed by atoms with Crippen LogP contribution in [-0.4, -0.2) is 17.4 Å². The van der Waals surface area contributed by atoms with Gasteiger partial charge in [0.25, 0.3) is 5.91 Å². The third-order valence-electron chi connectivity index (χ3n) is 4.11. The Labute approximate surface area is 118 Å². The fourth-order valence-corrected chi connectivity index (χ4v) is 3.54. The van der Waals surface area contributed by atoms with Crippen LogP contribution in [0.3, 0.4) is 0 Å². The quantitative estimate of drug-likeness (QED) is 0.891. The normalized spacial score (nSPS) is 23.3. The Morgan fingerprint density at radius 2 is 2.00 bits per heavy atom. The number of amides is 1. The Morgan fingerprint density at radius 1 is 1.37 bits per heavy atom. The van der Waals surface area contributed by atoms with Crippen LogP contribution < -0.4 is 11.1 Å². The van der Waals surface area contributed by atoms with Gasteiger partial charge in [-0.1, -0.05) is 37.5 Å². The number of nitrogens with zero attached hydrogens (tertiary/aromatic N) is 1. The highest BCUT2D eigenvalue weighted by Gasteiger charge is 2.21. The van der Waals surface area contributed by atoms with Crippen molar-refractivity contribution < 1.29 is 4.79 Å². The van der Waals surface area contributed by atoms with Gasteiger partial charge in [0.2, 0.25) is 0 Å². The summed E-state index contributed by atoms with van der Waals surface area (Å²) in [6.07, 6.45) is 6.39. The Kier molecular flexibility index (Phi) is 4.80. The number of nitrogens with one attached hydrogen (secondary N) is 1. The Bertz CT molecular complexity index is 436. The molecule has 0 spiro atoms. The van der Waals surface area contributed by atoms with E-state index in [2.05, 4.69) is 17.2 Å². The van der Waals surface area contributed by atoms with Gasteiger partial charge in [-0.15, -0.1) is 0 Å². The SMILES string of the molecule is CCC1CCC(CNC(=O)c2sc(N)nc2C)CC1. The third kappa shape index (κ3) is 3.69. The van der Waals surface area contributed by atoms with Crippen molar-refractivity contribution in [2.24, 2.45) is 11.8 Å². The number of hydrogen-bond acceptors (Lipinski definition) is 4. The molecule has 1 aliphatic rings. The molecule has 1 fully saturated rings. The number of anilines is 1. The summed E-state index contributed by atoms with van der Waals surface area (Å²) in [7, 11) is 0. The Hall–Kier alpha value is -1.10. The zero-order valence-corrected chi connectivity index (χ0v) is 12.6. The van der Waals surface area contributed by atoms with Crippen molar-refractivity contribution in [1.82, 2.24) is 10.3 Å². The molecule has 1 aromatic rings. The van der Waals surface area contributed by atoms with Gasteiger partial charge < -0.3 is 11.1 Å². The number of rotatable bonds is 4. The summed E-state index contributed by atoms with van der Waals surface area (Å²) in [5.41, 5.74) is 6.35. The minimum absolute atomic E-state index is 0.0238. The van der Waals surface area contributed by atoms with Crippen molar-refractivity contribution in [3.05, 3.63) is 10.6 Å². The first-order chi connectivity index (χ1) is 9.10. The maximum atomic E-state index is 12.0. The summed E-state index contributed by atoms with van der Waals surface area (Å²) in [5, 5.41) is 3.50. The average Bonchev–Trinajstić information content (AvgIpc) is 2.75. The van der Waals surface area contributed by atoms with E-state index in [0.29, 0.717) is 15.9 Å². The molecule has 0 unspecified atom stereocenters. The van der Waals surface area contributed by atoms with Gasteiger partial charge in [-0.05, 0) is 31.6 Å². The van der Waals surface area contributed by atoms with Crippen LogP contribution in [0.25, 0.3) is 0 Å². The lowest BCUT2D eigenvalue weighted by Crippen LogP contribution is -2.31. The van der Waals surface area contributed by atoms with Crippen LogP contribution >= 0.6 is 11.3 Å². The van der Waals surface area contributed by atoms with E-state index in [-0.39, 0.29) is 5.91 Å². The number of aromatic nitrogens is 1. The van der Waals surface area contributed by atoms with Gasteiger partial charge in [0.15, 0.2) is 5.13 Å². The van der Waals surface area contributed by atoms with Gasteiger partial charge in [-0.3, -0.25) is 4.79 Å². The molecule has 1 amide bonds. The molecule has 1 heterocycles. The fraction of sp³-hybridized carbons (Fsp3) is 0.714. The van der Waals surface area contributed by atoms with Crippen molar-refractivity contribution in [3.63, 3.8) is 0 Å². The minimum atomic E-state index is -0.0238. The number of nitrogen functional groups attached to an aromatic ring is 1. The molecule has 0 aliphatic heterocycles.